The Balaban J connectivity index is 2.00. The van der Waals surface area contributed by atoms with E-state index in [1.807, 2.05) is 0 Å². The van der Waals surface area contributed by atoms with E-state index < -0.39 is 7.92 Å². The second kappa shape index (κ2) is 8.14. The summed E-state index contributed by atoms with van der Waals surface area (Å²) in [5, 5.41) is 4.14. The van der Waals surface area contributed by atoms with Crippen LogP contribution in [0.15, 0.2) is 96.7 Å². The lowest BCUT2D eigenvalue weighted by atomic mass is 10.3. The maximum absolute atomic E-state index is 2.28. The third-order valence-electron chi connectivity index (χ3n) is 4.47. The van der Waals surface area contributed by atoms with Crippen LogP contribution in [0.1, 0.15) is 13.8 Å². The van der Waals surface area contributed by atoms with Gasteiger partial charge in [0.05, 0.1) is 0 Å². The molecule has 0 heterocycles. The molecule has 0 spiro atoms. The minimum atomic E-state index is -0.530. The molecule has 0 bridgehead atoms. The fourth-order valence-electron chi connectivity index (χ4n) is 2.82. The van der Waals surface area contributed by atoms with Crippen LogP contribution in [-0.2, 0) is 0 Å². The van der Waals surface area contributed by atoms with Gasteiger partial charge >= 0.3 is 0 Å². The van der Waals surface area contributed by atoms with Crippen molar-refractivity contribution in [2.45, 2.75) is 13.8 Å². The molecule has 0 amide bonds. The summed E-state index contributed by atoms with van der Waals surface area (Å²) in [7, 11) is 1.58. The lowest BCUT2D eigenvalue weighted by Crippen LogP contribution is -2.21. The summed E-state index contributed by atoms with van der Waals surface area (Å²) < 4.78 is 0. The first-order valence-corrected chi connectivity index (χ1v) is 9.92. The van der Waals surface area contributed by atoms with Gasteiger partial charge in [0.15, 0.2) is 0 Å². The van der Waals surface area contributed by atoms with Gasteiger partial charge < -0.3 is 4.90 Å². The number of rotatable bonds is 5. The predicted molar refractivity (Wildman–Crippen MR) is 113 cm³/mol. The largest absolute Gasteiger partial charge is 0.349 e. The third kappa shape index (κ3) is 4.00. The van der Waals surface area contributed by atoms with Gasteiger partial charge in [-0.3, -0.25) is 0 Å². The minimum Gasteiger partial charge on any atom is -0.349 e. The number of hydrogen-bond donors (Lipinski definition) is 0. The average molecular weight is 345 g/mol. The van der Waals surface area contributed by atoms with Gasteiger partial charge in [-0.15, -0.1) is 0 Å². The molecule has 126 valence electrons. The van der Waals surface area contributed by atoms with Gasteiger partial charge in [-0.2, -0.15) is 0 Å². The van der Waals surface area contributed by atoms with E-state index in [1.54, 1.807) is 0 Å². The maximum atomic E-state index is 2.28. The summed E-state index contributed by atoms with van der Waals surface area (Å²) in [6.45, 7) is 4.21. The van der Waals surface area contributed by atoms with E-state index in [9.17, 15) is 0 Å². The average Bonchev–Trinajstić information content (AvgIpc) is 2.69. The van der Waals surface area contributed by atoms with Crippen molar-refractivity contribution in [1.29, 1.82) is 0 Å². The van der Waals surface area contributed by atoms with Crippen molar-refractivity contribution in [2.75, 3.05) is 11.9 Å². The second-order valence-corrected chi connectivity index (χ2v) is 8.23. The Kier molecular flexibility index (Phi) is 5.68. The molecule has 0 N–H and O–H groups in total. The molecular formula is C23H24NP. The highest BCUT2D eigenvalue weighted by molar-refractivity contribution is 7.79. The second-order valence-electron chi connectivity index (χ2n) is 6.01. The molecule has 0 fully saturated rings. The lowest BCUT2D eigenvalue weighted by Gasteiger charge is -2.23. The number of benzene rings is 3. The van der Waals surface area contributed by atoms with Crippen LogP contribution in [0.2, 0.25) is 0 Å². The highest BCUT2D eigenvalue weighted by Gasteiger charge is 2.16. The molecular weight excluding hydrogens is 321 g/mol. The normalized spacial score (nSPS) is 11.6. The molecule has 0 aliphatic heterocycles. The number of nitrogens with zero attached hydrogens (tertiary/aromatic N) is 1. The maximum Gasteiger partial charge on any atom is 0.0405 e. The number of hydrogen-bond acceptors (Lipinski definition) is 1. The molecule has 0 unspecified atom stereocenters. The summed E-state index contributed by atoms with van der Waals surface area (Å²) in [6.07, 6.45) is 2.13. The summed E-state index contributed by atoms with van der Waals surface area (Å²) >= 11 is 0. The van der Waals surface area contributed by atoms with E-state index in [-0.39, 0.29) is 0 Å². The first-order valence-electron chi connectivity index (χ1n) is 8.57. The van der Waals surface area contributed by atoms with Crippen molar-refractivity contribution in [3.63, 3.8) is 0 Å². The van der Waals surface area contributed by atoms with Gasteiger partial charge in [-0.1, -0.05) is 78.9 Å². The topological polar surface area (TPSA) is 3.24 Å². The van der Waals surface area contributed by atoms with Crippen molar-refractivity contribution in [2.24, 2.45) is 0 Å². The zero-order valence-electron chi connectivity index (χ0n) is 15.1. The highest BCUT2D eigenvalue weighted by atomic mass is 31.1. The molecule has 0 radical (unpaired) electrons. The van der Waals surface area contributed by atoms with Crippen LogP contribution >= 0.6 is 7.92 Å². The minimum absolute atomic E-state index is 0.530. The summed E-state index contributed by atoms with van der Waals surface area (Å²) in [4.78, 5) is 2.22. The monoisotopic (exact) mass is 345 g/mol. The number of anilines is 1. The fraction of sp³-hybridized carbons (Fsp3) is 0.130. The molecule has 0 saturated carbocycles. The van der Waals surface area contributed by atoms with Crippen molar-refractivity contribution in [3.8, 4) is 0 Å². The van der Waals surface area contributed by atoms with Crippen LogP contribution in [0.25, 0.3) is 0 Å². The molecule has 3 rings (SSSR count). The molecule has 0 saturated heterocycles. The van der Waals surface area contributed by atoms with Gasteiger partial charge in [0.2, 0.25) is 0 Å². The zero-order valence-corrected chi connectivity index (χ0v) is 15.9. The van der Waals surface area contributed by atoms with E-state index in [2.05, 4.69) is 117 Å². The van der Waals surface area contributed by atoms with E-state index in [4.69, 9.17) is 0 Å². The first-order chi connectivity index (χ1) is 12.2. The predicted octanol–water partition coefficient (Wildman–Crippen LogP) is 4.80. The van der Waals surface area contributed by atoms with Crippen LogP contribution < -0.4 is 20.8 Å². The molecule has 25 heavy (non-hydrogen) atoms. The zero-order chi connectivity index (χ0) is 17.6. The molecule has 3 aromatic rings. The van der Waals surface area contributed by atoms with Crippen LogP contribution in [0.4, 0.5) is 5.69 Å². The summed E-state index contributed by atoms with van der Waals surface area (Å²) in [5.74, 6) is 0. The van der Waals surface area contributed by atoms with Crippen molar-refractivity contribution in [1.82, 2.24) is 0 Å². The van der Waals surface area contributed by atoms with Crippen LogP contribution in [0.5, 0.6) is 0 Å². The Hall–Kier alpha value is -2.37. The highest BCUT2D eigenvalue weighted by Crippen LogP contribution is 2.33. The Morgan fingerprint density at radius 2 is 1.16 bits per heavy atom. The molecule has 1 nitrogen and oxygen atoms in total. The SMILES string of the molecule is C/C=C(\C)N(C)c1ccc(P(c2ccccc2)c2ccccc2)cc1. The molecule has 3 aromatic carbocycles. The van der Waals surface area contributed by atoms with Crippen molar-refractivity contribution >= 4 is 29.5 Å². The fourth-order valence-corrected chi connectivity index (χ4v) is 5.11. The van der Waals surface area contributed by atoms with Gasteiger partial charge in [-0.25, -0.2) is 0 Å². The van der Waals surface area contributed by atoms with E-state index >= 15 is 0 Å². The van der Waals surface area contributed by atoms with Crippen LogP contribution in [-0.4, -0.2) is 7.05 Å². The van der Waals surface area contributed by atoms with E-state index in [0.29, 0.717) is 0 Å². The summed E-state index contributed by atoms with van der Waals surface area (Å²) in [6, 6.07) is 30.7. The standard InChI is InChI=1S/C23H24NP/c1-4-19(2)24(3)20-15-17-23(18-16-20)25(21-11-7-5-8-12-21)22-13-9-6-10-14-22/h4-18H,1-3H3/b19-4+. The molecule has 0 aliphatic carbocycles. The molecule has 2 heteroatoms. The van der Waals surface area contributed by atoms with Gasteiger partial charge in [0, 0.05) is 18.4 Å². The van der Waals surface area contributed by atoms with Crippen molar-refractivity contribution < 1.29 is 0 Å². The smallest absolute Gasteiger partial charge is 0.0405 e. The molecule has 0 aliphatic rings. The van der Waals surface area contributed by atoms with Gasteiger partial charge in [0.1, 0.15) is 0 Å². The van der Waals surface area contributed by atoms with E-state index in [0.717, 1.165) is 0 Å². The molecule has 0 aromatic heterocycles. The van der Waals surface area contributed by atoms with Crippen LogP contribution in [0, 0.1) is 0 Å². The van der Waals surface area contributed by atoms with Crippen LogP contribution in [0.3, 0.4) is 0 Å². The quantitative estimate of drug-likeness (QED) is 0.600. The summed E-state index contributed by atoms with van der Waals surface area (Å²) in [5.41, 5.74) is 2.47. The number of allylic oxidation sites excluding steroid dienone is 2. The van der Waals surface area contributed by atoms with Gasteiger partial charge in [-0.05, 0) is 49.8 Å². The first kappa shape index (κ1) is 17.5. The van der Waals surface area contributed by atoms with Crippen molar-refractivity contribution in [3.05, 3.63) is 96.7 Å². The van der Waals surface area contributed by atoms with E-state index in [1.165, 1.54) is 27.3 Å². The molecule has 0 atom stereocenters. The Morgan fingerprint density at radius 1 is 0.720 bits per heavy atom. The Labute approximate surface area is 152 Å². The Bertz CT molecular complexity index is 783. The Morgan fingerprint density at radius 3 is 1.60 bits per heavy atom. The lowest BCUT2D eigenvalue weighted by molar-refractivity contribution is 1.08. The van der Waals surface area contributed by atoms with Gasteiger partial charge in [0.25, 0.3) is 0 Å². The third-order valence-corrected chi connectivity index (χ3v) is 6.91.